The number of aliphatic hydroxyl groups excluding tert-OH is 1. The predicted octanol–water partition coefficient (Wildman–Crippen LogP) is 9.91. The van der Waals surface area contributed by atoms with E-state index in [9.17, 15) is 20.1 Å². The summed E-state index contributed by atoms with van der Waals surface area (Å²) in [5, 5.41) is 31.4. The molecule has 45 heavy (non-hydrogen) atoms. The van der Waals surface area contributed by atoms with E-state index in [4.69, 9.17) is 17.7 Å². The van der Waals surface area contributed by atoms with Crippen molar-refractivity contribution in [3.8, 4) is 0 Å². The van der Waals surface area contributed by atoms with Gasteiger partial charge in [-0.3, -0.25) is 4.79 Å². The molecule has 0 radical (unpaired) electrons. The largest absolute Gasteiger partial charge is 0.393 e. The molecule has 6 rings (SSSR count). The quantitative estimate of drug-likeness (QED) is 0.203. The van der Waals surface area contributed by atoms with Crippen molar-refractivity contribution in [2.45, 2.75) is 194 Å². The maximum atomic E-state index is 12.4. The van der Waals surface area contributed by atoms with Crippen LogP contribution in [-0.4, -0.2) is 46.4 Å². The molecular weight excluding hydrogens is 575 g/mol. The number of ketones is 1. The lowest BCUT2D eigenvalue weighted by atomic mass is 9.60. The van der Waals surface area contributed by atoms with Crippen LogP contribution < -0.4 is 0 Å². The van der Waals surface area contributed by atoms with E-state index in [2.05, 4.69) is 13.8 Å². The molecule has 0 aromatic rings. The Morgan fingerprint density at radius 3 is 1.80 bits per heavy atom. The number of fused-ring (bicyclic) bond motifs is 2. The minimum absolute atomic E-state index is 0. The summed E-state index contributed by atoms with van der Waals surface area (Å²) in [5.74, 6) is 1.89. The Kier molecular flexibility index (Phi) is 7.98. The van der Waals surface area contributed by atoms with Gasteiger partial charge in [0.15, 0.2) is 0 Å². The molecule has 6 fully saturated rings. The molecule has 4 nitrogen and oxygen atoms in total. The Balaban J connectivity index is 0.000000286. The van der Waals surface area contributed by atoms with Crippen molar-refractivity contribution < 1.29 is 36.6 Å². The number of carbonyl (C=O) groups is 1. The van der Waals surface area contributed by atoms with E-state index >= 15 is 0 Å². The Morgan fingerprint density at radius 1 is 0.800 bits per heavy atom. The molecule has 0 aromatic heterocycles. The van der Waals surface area contributed by atoms with Crippen molar-refractivity contribution in [2.24, 2.45) is 45.3 Å². The fourth-order valence-electron chi connectivity index (χ4n) is 11.3. The smallest absolute Gasteiger partial charge is 0.136 e. The van der Waals surface area contributed by atoms with Gasteiger partial charge in [0.25, 0.3) is 0 Å². The number of Topliss-reactive ketones (excluding diaryl/α,β-unsaturated/α-hetero) is 1. The zero-order chi connectivity index (χ0) is 43.3. The lowest BCUT2D eigenvalue weighted by Crippen LogP contribution is -2.42. The van der Waals surface area contributed by atoms with Crippen LogP contribution in [0.15, 0.2) is 0 Å². The van der Waals surface area contributed by atoms with Crippen LogP contribution in [0.3, 0.4) is 0 Å². The number of carbonyl (C=O) groups excluding carboxylic acids is 1. The lowest BCUT2D eigenvalue weighted by Gasteiger charge is -2.46. The van der Waals surface area contributed by atoms with Gasteiger partial charge in [-0.05, 0) is 170 Å². The standard InChI is InChI=1S/C19H34O2.C19H32O2.CH5P.CH4/c2*1-17(2,21)9-5-11-19(12-13-19)16-8-7-14-15(20)6-4-10-18(14,16)3;1-2;/h14-16,20-21H,4-13H2,1-3H3;14,16,21H,4-13H2,1-3H3;2H2,1H3;1H4/t14?,15-,16?,18-;14?,16?,18-;;/m00../s1/i2*1D3,2D3;2D;. The highest BCUT2D eigenvalue weighted by molar-refractivity contribution is 7.15. The first-order valence-corrected chi connectivity index (χ1v) is 18.7. The average Bonchev–Trinajstić information content (AvgIpc) is 3.95. The van der Waals surface area contributed by atoms with Gasteiger partial charge in [0, 0.05) is 28.8 Å². The van der Waals surface area contributed by atoms with E-state index in [1.807, 2.05) is 6.66 Å². The third kappa shape index (κ3) is 8.78. The Labute approximate surface area is 299 Å². The van der Waals surface area contributed by atoms with Crippen LogP contribution >= 0.6 is 9.18 Å². The summed E-state index contributed by atoms with van der Waals surface area (Å²) < 4.78 is 96.5. The summed E-state index contributed by atoms with van der Waals surface area (Å²) in [6.45, 7) is -5.32. The summed E-state index contributed by atoms with van der Waals surface area (Å²) in [6.07, 6.45) is 15.9. The van der Waals surface area contributed by atoms with E-state index in [1.165, 1.54) is 0 Å². The van der Waals surface area contributed by atoms with E-state index in [1.54, 1.807) is 0 Å². The average molecular weight is 664 g/mol. The van der Waals surface area contributed by atoms with Crippen LogP contribution in [0.4, 0.5) is 0 Å². The van der Waals surface area contributed by atoms with E-state index in [0.29, 0.717) is 52.0 Å². The zero-order valence-corrected chi connectivity index (χ0v) is 28.8. The third-order valence-electron chi connectivity index (χ3n) is 13.6. The lowest BCUT2D eigenvalue weighted by molar-refractivity contribution is -0.130. The molecule has 264 valence electrons. The van der Waals surface area contributed by atoms with Crippen LogP contribution in [0.2, 0.25) is 0 Å². The highest BCUT2D eigenvalue weighted by Gasteiger charge is 2.62. The van der Waals surface area contributed by atoms with Gasteiger partial charge < -0.3 is 15.3 Å². The maximum absolute atomic E-state index is 12.4. The van der Waals surface area contributed by atoms with Crippen molar-refractivity contribution >= 4 is 15.0 Å². The number of hydrogen-bond donors (Lipinski definition) is 3. The van der Waals surface area contributed by atoms with E-state index < -0.39 is 38.6 Å². The van der Waals surface area contributed by atoms with Crippen molar-refractivity contribution in [1.29, 1.82) is 1.28 Å². The Bertz CT molecular complexity index is 1350. The van der Waals surface area contributed by atoms with Gasteiger partial charge >= 0.3 is 0 Å². The van der Waals surface area contributed by atoms with Crippen LogP contribution in [-0.2, 0) is 4.79 Å². The summed E-state index contributed by atoms with van der Waals surface area (Å²) in [5.41, 5.74) is -4.87. The first kappa shape index (κ1) is 24.2. The molecular formula is C40H75O4P. The summed E-state index contributed by atoms with van der Waals surface area (Å²) in [7, 11) is 0.333. The predicted molar refractivity (Wildman–Crippen MR) is 193 cm³/mol. The Hall–Kier alpha value is -0.0200. The number of hydrogen-bond acceptors (Lipinski definition) is 4. The van der Waals surface area contributed by atoms with Crippen LogP contribution in [0.25, 0.3) is 0 Å². The van der Waals surface area contributed by atoms with Gasteiger partial charge in [-0.15, -0.1) is 9.18 Å². The fourth-order valence-corrected chi connectivity index (χ4v) is 11.3. The van der Waals surface area contributed by atoms with Gasteiger partial charge in [0.2, 0.25) is 0 Å². The minimum Gasteiger partial charge on any atom is -0.393 e. The first-order chi connectivity index (χ1) is 26.0. The monoisotopic (exact) mass is 664 g/mol. The molecule has 5 heteroatoms. The highest BCUT2D eigenvalue weighted by atomic mass is 31.0. The molecule has 0 spiro atoms. The van der Waals surface area contributed by atoms with Gasteiger partial charge in [-0.25, -0.2) is 0 Å². The molecule has 0 aromatic carbocycles. The van der Waals surface area contributed by atoms with Crippen LogP contribution in [0, 0.1) is 45.3 Å². The molecule has 0 saturated heterocycles. The van der Waals surface area contributed by atoms with Gasteiger partial charge in [0.1, 0.15) is 5.78 Å². The Morgan fingerprint density at radius 2 is 1.29 bits per heavy atom. The third-order valence-corrected chi connectivity index (χ3v) is 13.6. The minimum atomic E-state index is -2.94. The molecule has 0 bridgehead atoms. The topological polar surface area (TPSA) is 77.8 Å². The molecule has 8 atom stereocenters. The molecule has 0 amide bonds. The van der Waals surface area contributed by atoms with Crippen molar-refractivity contribution in [3.05, 3.63) is 0 Å². The zero-order valence-electron chi connectivity index (χ0n) is 40.8. The van der Waals surface area contributed by atoms with Gasteiger partial charge in [-0.2, -0.15) is 0 Å². The second kappa shape index (κ2) is 14.8. The highest BCUT2D eigenvalue weighted by Crippen LogP contribution is 2.70. The summed E-state index contributed by atoms with van der Waals surface area (Å²) in [6, 6.07) is 0. The molecule has 5 unspecified atom stereocenters. The van der Waals surface area contributed by atoms with Gasteiger partial charge in [0.05, 0.1) is 18.6 Å². The molecule has 0 heterocycles. The SMILES string of the molecule is C.[2H]C([2H])([2H])C(O)(CCCC1(C2CCC3C(=O)CCC[C@@]32C)CC1)C([2H])([2H])[2H].[2H]C([2H])([2H])C(O)(CCCC1(C2CCC3[C@@H](O)CCC[C@@]32C)CC1)C([2H])([2H])[2H].[2H]PC. The fraction of sp³-hybridized carbons (Fsp3) is 0.975. The molecule has 6 saturated carbocycles. The van der Waals surface area contributed by atoms with Crippen molar-refractivity contribution in [2.75, 3.05) is 6.66 Å². The maximum Gasteiger partial charge on any atom is 0.136 e. The van der Waals surface area contributed by atoms with E-state index in [-0.39, 0.29) is 54.0 Å². The molecule has 3 N–H and O–H groups in total. The summed E-state index contributed by atoms with van der Waals surface area (Å²) in [4.78, 5) is 12.4. The molecule has 6 aliphatic carbocycles. The van der Waals surface area contributed by atoms with Gasteiger partial charge in [-0.1, -0.05) is 47.2 Å². The van der Waals surface area contributed by atoms with Crippen LogP contribution in [0.1, 0.15) is 194 Å². The van der Waals surface area contributed by atoms with Crippen molar-refractivity contribution in [1.82, 2.24) is 0 Å². The van der Waals surface area contributed by atoms with Crippen molar-refractivity contribution in [3.63, 3.8) is 0 Å². The van der Waals surface area contributed by atoms with E-state index in [0.717, 1.165) is 96.3 Å². The second-order valence-electron chi connectivity index (χ2n) is 16.4. The summed E-state index contributed by atoms with van der Waals surface area (Å²) >= 11 is 0. The normalized spacial score (nSPS) is 43.2. The first-order valence-electron chi connectivity index (χ1n) is 24.2. The second-order valence-corrected chi connectivity index (χ2v) is 16.4. The number of aliphatic hydroxyl groups is 3. The number of rotatable bonds is 10. The van der Waals surface area contributed by atoms with Crippen LogP contribution in [0.5, 0.6) is 0 Å². The molecule has 0 aliphatic heterocycles. The molecule has 6 aliphatic rings.